The summed E-state index contributed by atoms with van der Waals surface area (Å²) in [6, 6.07) is 9.88. The molecule has 0 aromatic heterocycles. The monoisotopic (exact) mass is 290 g/mol. The van der Waals surface area contributed by atoms with E-state index in [1.807, 2.05) is 30.3 Å². The minimum absolute atomic E-state index is 0.00361. The molecule has 1 aromatic rings. The first kappa shape index (κ1) is 14.1. The molecule has 0 spiro atoms. The van der Waals surface area contributed by atoms with Gasteiger partial charge in [0, 0.05) is 0 Å². The van der Waals surface area contributed by atoms with Gasteiger partial charge in [0.2, 0.25) is 0 Å². The summed E-state index contributed by atoms with van der Waals surface area (Å²) < 4.78 is 16.0. The van der Waals surface area contributed by atoms with Gasteiger partial charge < -0.3 is 14.2 Å². The molecule has 1 unspecified atom stereocenters. The molecule has 0 amide bonds. The van der Waals surface area contributed by atoms with E-state index in [9.17, 15) is 9.59 Å². The Balaban J connectivity index is 1.49. The van der Waals surface area contributed by atoms with E-state index in [1.54, 1.807) is 0 Å². The van der Waals surface area contributed by atoms with Crippen molar-refractivity contribution in [2.45, 2.75) is 50.6 Å². The highest BCUT2D eigenvalue weighted by Gasteiger charge is 2.38. The van der Waals surface area contributed by atoms with E-state index >= 15 is 0 Å². The van der Waals surface area contributed by atoms with Crippen molar-refractivity contribution in [3.05, 3.63) is 35.9 Å². The molecular weight excluding hydrogens is 272 g/mol. The molecule has 5 nitrogen and oxygen atoms in total. The molecule has 0 aliphatic carbocycles. The maximum atomic E-state index is 11.0. The summed E-state index contributed by atoms with van der Waals surface area (Å²) in [4.78, 5) is 21.8. The van der Waals surface area contributed by atoms with Gasteiger partial charge in [0.25, 0.3) is 0 Å². The van der Waals surface area contributed by atoms with E-state index in [-0.39, 0.29) is 30.3 Å². The fourth-order valence-electron chi connectivity index (χ4n) is 2.56. The summed E-state index contributed by atoms with van der Waals surface area (Å²) in [5.74, 6) is -0.319. The van der Waals surface area contributed by atoms with Crippen LogP contribution < -0.4 is 0 Å². The first-order valence-corrected chi connectivity index (χ1v) is 7.25. The van der Waals surface area contributed by atoms with Crippen LogP contribution in [0.3, 0.4) is 0 Å². The minimum atomic E-state index is -0.177. The van der Waals surface area contributed by atoms with Crippen LogP contribution in [0.2, 0.25) is 0 Å². The third kappa shape index (κ3) is 3.61. The highest BCUT2D eigenvalue weighted by atomic mass is 16.6. The molecular formula is C16H18O5. The fourth-order valence-corrected chi connectivity index (χ4v) is 2.56. The van der Waals surface area contributed by atoms with Crippen LogP contribution in [0.4, 0.5) is 0 Å². The van der Waals surface area contributed by atoms with E-state index in [2.05, 4.69) is 0 Å². The summed E-state index contributed by atoms with van der Waals surface area (Å²) in [6.07, 6.45) is 2.05. The van der Waals surface area contributed by atoms with Gasteiger partial charge in [0.1, 0.15) is 12.2 Å². The second kappa shape index (κ2) is 6.26. The van der Waals surface area contributed by atoms with Crippen molar-refractivity contribution < 1.29 is 23.8 Å². The number of hydrogen-bond donors (Lipinski definition) is 0. The van der Waals surface area contributed by atoms with Crippen LogP contribution in [0.5, 0.6) is 0 Å². The van der Waals surface area contributed by atoms with Gasteiger partial charge in [0.15, 0.2) is 0 Å². The predicted molar refractivity (Wildman–Crippen MR) is 73.2 cm³/mol. The molecule has 0 bridgehead atoms. The lowest BCUT2D eigenvalue weighted by molar-refractivity contribution is -0.188. The fraction of sp³-hybridized carbons (Fsp3) is 0.500. The summed E-state index contributed by atoms with van der Waals surface area (Å²) in [5, 5.41) is 0. The largest absolute Gasteiger partial charge is 0.462 e. The Labute approximate surface area is 123 Å². The van der Waals surface area contributed by atoms with Gasteiger partial charge in [-0.05, 0) is 18.4 Å². The lowest BCUT2D eigenvalue weighted by Crippen LogP contribution is -2.44. The van der Waals surface area contributed by atoms with Crippen LogP contribution in [0, 0.1) is 0 Å². The number of carbonyl (C=O) groups is 2. The minimum Gasteiger partial charge on any atom is -0.462 e. The van der Waals surface area contributed by atoms with Gasteiger partial charge in [-0.2, -0.15) is 0 Å². The molecule has 1 aromatic carbocycles. The number of ether oxygens (including phenoxy) is 3. The summed E-state index contributed by atoms with van der Waals surface area (Å²) in [6.45, 7) is 0.490. The molecule has 3 rings (SSSR count). The van der Waals surface area contributed by atoms with E-state index in [0.717, 1.165) is 18.4 Å². The van der Waals surface area contributed by atoms with Gasteiger partial charge in [-0.1, -0.05) is 30.3 Å². The van der Waals surface area contributed by atoms with Crippen molar-refractivity contribution in [3.8, 4) is 0 Å². The molecule has 3 atom stereocenters. The van der Waals surface area contributed by atoms with Crippen LogP contribution in [-0.2, 0) is 30.4 Å². The van der Waals surface area contributed by atoms with Gasteiger partial charge in [-0.15, -0.1) is 0 Å². The quantitative estimate of drug-likeness (QED) is 0.719. The summed E-state index contributed by atoms with van der Waals surface area (Å²) in [5.41, 5.74) is 1.09. The maximum Gasteiger partial charge on any atom is 0.310 e. The zero-order valence-corrected chi connectivity index (χ0v) is 11.7. The van der Waals surface area contributed by atoms with Crippen molar-refractivity contribution >= 4 is 11.9 Å². The molecule has 21 heavy (non-hydrogen) atoms. The zero-order chi connectivity index (χ0) is 14.7. The molecule has 2 aliphatic heterocycles. The van der Waals surface area contributed by atoms with Gasteiger partial charge >= 0.3 is 11.9 Å². The summed E-state index contributed by atoms with van der Waals surface area (Å²) >= 11 is 0. The molecule has 2 heterocycles. The smallest absolute Gasteiger partial charge is 0.310 e. The predicted octanol–water partition coefficient (Wildman–Crippen LogP) is 1.98. The van der Waals surface area contributed by atoms with E-state index in [4.69, 9.17) is 14.2 Å². The van der Waals surface area contributed by atoms with Crippen molar-refractivity contribution in [1.82, 2.24) is 0 Å². The van der Waals surface area contributed by atoms with Crippen molar-refractivity contribution in [2.24, 2.45) is 0 Å². The van der Waals surface area contributed by atoms with E-state index in [1.165, 1.54) is 0 Å². The molecule has 0 saturated carbocycles. The molecule has 2 aliphatic rings. The van der Waals surface area contributed by atoms with Gasteiger partial charge in [-0.3, -0.25) is 9.59 Å². The molecule has 2 saturated heterocycles. The highest BCUT2D eigenvalue weighted by molar-refractivity contribution is 5.75. The normalized spacial score (nSPS) is 25.3. The number of rotatable bonds is 7. The first-order valence-electron chi connectivity index (χ1n) is 7.25. The second-order valence-corrected chi connectivity index (χ2v) is 5.46. The first-order chi connectivity index (χ1) is 10.2. The Morgan fingerprint density at radius 1 is 1.10 bits per heavy atom. The van der Waals surface area contributed by atoms with Crippen LogP contribution in [0.1, 0.15) is 31.2 Å². The number of benzene rings is 1. The Hall–Kier alpha value is -1.88. The topological polar surface area (TPSA) is 61.8 Å². The lowest BCUT2D eigenvalue weighted by atomic mass is 9.97. The van der Waals surface area contributed by atoms with Crippen molar-refractivity contribution in [3.63, 3.8) is 0 Å². The van der Waals surface area contributed by atoms with Crippen LogP contribution in [0.15, 0.2) is 30.3 Å². The molecule has 2 fully saturated rings. The van der Waals surface area contributed by atoms with Crippen LogP contribution in [-0.4, -0.2) is 30.3 Å². The van der Waals surface area contributed by atoms with E-state index in [0.29, 0.717) is 19.4 Å². The number of esters is 2. The number of carbonyl (C=O) groups excluding carboxylic acids is 2. The van der Waals surface area contributed by atoms with Crippen molar-refractivity contribution in [1.29, 1.82) is 0 Å². The number of cyclic esters (lactones) is 2. The molecule has 0 N–H and O–H groups in total. The Bertz CT molecular complexity index is 497. The third-order valence-corrected chi connectivity index (χ3v) is 3.84. The van der Waals surface area contributed by atoms with Crippen LogP contribution >= 0.6 is 0 Å². The summed E-state index contributed by atoms with van der Waals surface area (Å²) in [7, 11) is 0. The zero-order valence-electron chi connectivity index (χ0n) is 11.7. The SMILES string of the molecule is O=C1CC(CC[C@@H](OCc2ccccc2)[C@H]2CC(=O)O2)O1. The average molecular weight is 290 g/mol. The lowest BCUT2D eigenvalue weighted by Gasteiger charge is -2.34. The Kier molecular flexibility index (Phi) is 4.20. The standard InChI is InChI=1S/C16H18O5/c17-15-8-12(20-15)6-7-13(14-9-16(18)21-14)19-10-11-4-2-1-3-5-11/h1-5,12-14H,6-10H2/t12?,13-,14-/m1/s1. The third-order valence-electron chi connectivity index (χ3n) is 3.84. The number of hydrogen-bond acceptors (Lipinski definition) is 5. The van der Waals surface area contributed by atoms with Gasteiger partial charge in [0.05, 0.1) is 25.6 Å². The molecule has 0 radical (unpaired) electrons. The molecule has 112 valence electrons. The van der Waals surface area contributed by atoms with E-state index < -0.39 is 0 Å². The molecule has 5 heteroatoms. The Morgan fingerprint density at radius 2 is 1.76 bits per heavy atom. The van der Waals surface area contributed by atoms with Gasteiger partial charge in [-0.25, -0.2) is 0 Å². The highest BCUT2D eigenvalue weighted by Crippen LogP contribution is 2.27. The Morgan fingerprint density at radius 3 is 2.38 bits per heavy atom. The maximum absolute atomic E-state index is 11.0. The second-order valence-electron chi connectivity index (χ2n) is 5.46. The van der Waals surface area contributed by atoms with Crippen molar-refractivity contribution in [2.75, 3.05) is 0 Å². The average Bonchev–Trinajstić information content (AvgIpc) is 2.43. The van der Waals surface area contributed by atoms with Crippen LogP contribution in [0.25, 0.3) is 0 Å².